The first-order valence-electron chi connectivity index (χ1n) is 9.40. The summed E-state index contributed by atoms with van der Waals surface area (Å²) in [5, 5.41) is 7.50. The van der Waals surface area contributed by atoms with E-state index in [0.29, 0.717) is 30.7 Å². The van der Waals surface area contributed by atoms with Gasteiger partial charge in [0.1, 0.15) is 10.8 Å². The second-order valence-electron chi connectivity index (χ2n) is 6.65. The molecule has 1 aromatic carbocycles. The van der Waals surface area contributed by atoms with Crippen molar-refractivity contribution in [2.75, 3.05) is 39.9 Å². The van der Waals surface area contributed by atoms with Gasteiger partial charge in [-0.25, -0.2) is 9.37 Å². The molecule has 2 N–H and O–H groups in total. The van der Waals surface area contributed by atoms with Crippen LogP contribution in [0.15, 0.2) is 34.6 Å². The molecule has 0 spiro atoms. The monoisotopic (exact) mass is 573 g/mol. The molecule has 1 aliphatic rings. The highest BCUT2D eigenvalue weighted by Gasteiger charge is 2.33. The van der Waals surface area contributed by atoms with E-state index in [1.807, 2.05) is 0 Å². The molecule has 172 valence electrons. The van der Waals surface area contributed by atoms with E-state index < -0.39 is 11.9 Å². The summed E-state index contributed by atoms with van der Waals surface area (Å²) in [6, 6.07) is 6.32. The molecule has 1 aromatic heterocycles. The average Bonchev–Trinajstić information content (AvgIpc) is 3.22. The van der Waals surface area contributed by atoms with Crippen molar-refractivity contribution in [1.29, 1.82) is 0 Å². The van der Waals surface area contributed by atoms with E-state index >= 15 is 0 Å². The van der Waals surface area contributed by atoms with Crippen molar-refractivity contribution in [2.24, 2.45) is 4.99 Å². The summed E-state index contributed by atoms with van der Waals surface area (Å²) in [5.41, 5.74) is 0.0620. The van der Waals surface area contributed by atoms with Gasteiger partial charge in [0, 0.05) is 32.1 Å². The minimum absolute atomic E-state index is 0. The van der Waals surface area contributed by atoms with Gasteiger partial charge in [-0.15, -0.1) is 35.3 Å². The lowest BCUT2D eigenvalue weighted by atomic mass is 10.0. The van der Waals surface area contributed by atoms with E-state index in [1.54, 1.807) is 19.2 Å². The molecule has 1 unspecified atom stereocenters. The maximum Gasteiger partial charge on any atom is 0.434 e. The Kier molecular flexibility index (Phi) is 9.90. The number of thiazole rings is 1. The number of benzene rings is 1. The van der Waals surface area contributed by atoms with Crippen molar-refractivity contribution in [3.63, 3.8) is 0 Å². The summed E-state index contributed by atoms with van der Waals surface area (Å²) >= 11 is 0.940. The molecule has 0 saturated carbocycles. The lowest BCUT2D eigenvalue weighted by Crippen LogP contribution is -2.46. The third kappa shape index (κ3) is 7.54. The van der Waals surface area contributed by atoms with Crippen molar-refractivity contribution in [1.82, 2.24) is 20.5 Å². The normalized spacial score (nSPS) is 16.5. The van der Waals surface area contributed by atoms with E-state index in [4.69, 9.17) is 4.74 Å². The Morgan fingerprint density at radius 2 is 1.90 bits per heavy atom. The Bertz CT molecular complexity index is 841. The highest BCUT2D eigenvalue weighted by atomic mass is 127. The number of halogens is 5. The molecule has 3 rings (SSSR count). The van der Waals surface area contributed by atoms with Crippen molar-refractivity contribution < 1.29 is 22.3 Å². The average molecular weight is 573 g/mol. The second-order valence-corrected chi connectivity index (χ2v) is 7.59. The van der Waals surface area contributed by atoms with Crippen LogP contribution in [0.3, 0.4) is 0 Å². The van der Waals surface area contributed by atoms with E-state index in [2.05, 4.69) is 25.5 Å². The molecule has 31 heavy (non-hydrogen) atoms. The number of hydrogen-bond acceptors (Lipinski definition) is 5. The molecule has 0 aliphatic carbocycles. The van der Waals surface area contributed by atoms with E-state index in [9.17, 15) is 17.6 Å². The Morgan fingerprint density at radius 1 is 1.23 bits per heavy atom. The molecule has 12 heteroatoms. The number of aromatic nitrogens is 1. The van der Waals surface area contributed by atoms with Gasteiger partial charge in [-0.3, -0.25) is 9.89 Å². The van der Waals surface area contributed by atoms with Crippen molar-refractivity contribution in [2.45, 2.75) is 18.8 Å². The number of nitrogens with one attached hydrogen (secondary N) is 2. The van der Waals surface area contributed by atoms with Crippen LogP contribution in [0.5, 0.6) is 0 Å². The third-order valence-electron chi connectivity index (χ3n) is 4.68. The van der Waals surface area contributed by atoms with Crippen molar-refractivity contribution in [3.05, 3.63) is 51.7 Å². The molecule has 0 radical (unpaired) electrons. The van der Waals surface area contributed by atoms with Gasteiger partial charge < -0.3 is 15.4 Å². The Morgan fingerprint density at radius 3 is 2.48 bits per heavy atom. The number of morpholine rings is 1. The number of alkyl halides is 3. The van der Waals surface area contributed by atoms with E-state index in [0.717, 1.165) is 35.4 Å². The van der Waals surface area contributed by atoms with Crippen LogP contribution in [0.4, 0.5) is 17.6 Å². The SMILES string of the molecule is CN=C(NCc1nc(C(F)(F)F)cs1)NCC(c1ccc(F)cc1)N1CCOCC1.I. The second kappa shape index (κ2) is 11.9. The van der Waals surface area contributed by atoms with Crippen LogP contribution in [0.1, 0.15) is 22.3 Å². The fourth-order valence-electron chi connectivity index (χ4n) is 3.13. The first-order valence-corrected chi connectivity index (χ1v) is 10.3. The Labute approximate surface area is 199 Å². The standard InChI is InChI=1S/C19H23F4N5OS.HI/c1-24-18(26-11-17-27-16(12-30-17)19(21,22)23)25-10-15(28-6-8-29-9-7-28)13-2-4-14(20)5-3-13;/h2-5,12,15H,6-11H2,1H3,(H2,24,25,26);1H. The van der Waals surface area contributed by atoms with Crippen molar-refractivity contribution >= 4 is 41.3 Å². The summed E-state index contributed by atoms with van der Waals surface area (Å²) in [4.78, 5) is 9.98. The highest BCUT2D eigenvalue weighted by Crippen LogP contribution is 2.30. The number of rotatable bonds is 6. The Hall–Kier alpha value is -1.51. The molecule has 1 saturated heterocycles. The zero-order chi connectivity index (χ0) is 21.6. The zero-order valence-electron chi connectivity index (χ0n) is 16.8. The minimum atomic E-state index is -4.45. The van der Waals surface area contributed by atoms with Gasteiger partial charge in [-0.05, 0) is 17.7 Å². The van der Waals surface area contributed by atoms with Gasteiger partial charge >= 0.3 is 6.18 Å². The van der Waals surface area contributed by atoms with Crippen LogP contribution in [0.2, 0.25) is 0 Å². The summed E-state index contributed by atoms with van der Waals surface area (Å²) in [6.45, 7) is 3.34. The fourth-order valence-corrected chi connectivity index (χ4v) is 3.87. The maximum atomic E-state index is 13.3. The van der Waals surface area contributed by atoms with Gasteiger partial charge in [0.25, 0.3) is 0 Å². The van der Waals surface area contributed by atoms with Crippen LogP contribution in [-0.2, 0) is 17.5 Å². The van der Waals surface area contributed by atoms with E-state index in [1.165, 1.54) is 12.1 Å². The molecule has 2 heterocycles. The van der Waals surface area contributed by atoms with Gasteiger partial charge in [0.2, 0.25) is 0 Å². The molecular weight excluding hydrogens is 549 g/mol. The summed E-state index contributed by atoms with van der Waals surface area (Å²) in [5.74, 6) is 0.144. The van der Waals surface area contributed by atoms with Crippen molar-refractivity contribution in [3.8, 4) is 0 Å². The van der Waals surface area contributed by atoms with Crippen LogP contribution >= 0.6 is 35.3 Å². The molecule has 2 aromatic rings. The minimum Gasteiger partial charge on any atom is -0.379 e. The van der Waals surface area contributed by atoms with Gasteiger partial charge in [0.05, 0.1) is 25.8 Å². The first kappa shape index (κ1) is 25.7. The predicted octanol–water partition coefficient (Wildman–Crippen LogP) is 3.66. The summed E-state index contributed by atoms with van der Waals surface area (Å²) < 4.78 is 56.8. The molecule has 0 amide bonds. The van der Waals surface area contributed by atoms with Gasteiger partial charge in [-0.1, -0.05) is 12.1 Å². The molecule has 1 aliphatic heterocycles. The van der Waals surface area contributed by atoms with Crippen LogP contribution < -0.4 is 10.6 Å². The molecule has 1 atom stereocenters. The number of guanidine groups is 1. The van der Waals surface area contributed by atoms with Crippen LogP contribution in [0, 0.1) is 5.82 Å². The van der Waals surface area contributed by atoms with Gasteiger partial charge in [-0.2, -0.15) is 13.2 Å². The zero-order valence-corrected chi connectivity index (χ0v) is 19.9. The quantitative estimate of drug-likeness (QED) is 0.239. The first-order chi connectivity index (χ1) is 14.4. The summed E-state index contributed by atoms with van der Waals surface area (Å²) in [7, 11) is 1.58. The number of ether oxygens (including phenoxy) is 1. The molecule has 6 nitrogen and oxygen atoms in total. The van der Waals surface area contributed by atoms with Gasteiger partial charge in [0.15, 0.2) is 11.7 Å². The largest absolute Gasteiger partial charge is 0.434 e. The number of nitrogens with zero attached hydrogens (tertiary/aromatic N) is 3. The lowest BCUT2D eigenvalue weighted by molar-refractivity contribution is -0.140. The molecule has 1 fully saturated rings. The Balaban J connectivity index is 0.00000341. The summed E-state index contributed by atoms with van der Waals surface area (Å²) in [6.07, 6.45) is -4.45. The molecule has 0 bridgehead atoms. The third-order valence-corrected chi connectivity index (χ3v) is 5.53. The number of hydrogen-bond donors (Lipinski definition) is 2. The van der Waals surface area contributed by atoms with E-state index in [-0.39, 0.29) is 42.4 Å². The lowest BCUT2D eigenvalue weighted by Gasteiger charge is -2.35. The van der Waals surface area contributed by atoms with Crippen LogP contribution in [0.25, 0.3) is 0 Å². The predicted molar refractivity (Wildman–Crippen MR) is 122 cm³/mol. The topological polar surface area (TPSA) is 61.8 Å². The fraction of sp³-hybridized carbons (Fsp3) is 0.474. The molecular formula is C19H24F4IN5OS. The van der Waals surface area contributed by atoms with Crippen LogP contribution in [-0.4, -0.2) is 55.7 Å². The number of aliphatic imine (C=N–C) groups is 1. The maximum absolute atomic E-state index is 13.3. The smallest absolute Gasteiger partial charge is 0.379 e. The highest BCUT2D eigenvalue weighted by molar-refractivity contribution is 14.0.